The van der Waals surface area contributed by atoms with Crippen molar-refractivity contribution in [3.05, 3.63) is 24.2 Å². The smallest absolute Gasteiger partial charge is 0.246 e. The van der Waals surface area contributed by atoms with Crippen molar-refractivity contribution < 1.29 is 4.42 Å². The molecular weight excluding hydrogens is 202 g/mol. The molecule has 1 N–H and O–H groups in total. The number of aryl methyl sites for hydroxylation is 1. The number of aromatic nitrogens is 2. The summed E-state index contributed by atoms with van der Waals surface area (Å²) < 4.78 is 5.59. The van der Waals surface area contributed by atoms with Gasteiger partial charge in [-0.2, -0.15) is 0 Å². The molecule has 0 spiro atoms. The Morgan fingerprint density at radius 3 is 3.31 bits per heavy atom. The average Bonchev–Trinajstić information content (AvgIpc) is 2.95. The molecule has 16 heavy (non-hydrogen) atoms. The zero-order chi connectivity index (χ0) is 10.8. The molecular formula is C12H15N3O. The van der Waals surface area contributed by atoms with Gasteiger partial charge in [-0.25, -0.2) is 9.97 Å². The lowest BCUT2D eigenvalue weighted by Gasteiger charge is -2.04. The van der Waals surface area contributed by atoms with E-state index in [4.69, 9.17) is 4.42 Å². The molecule has 3 heterocycles. The van der Waals surface area contributed by atoms with Crippen LogP contribution in [0.25, 0.3) is 11.2 Å². The zero-order valence-corrected chi connectivity index (χ0v) is 9.15. The fourth-order valence-corrected chi connectivity index (χ4v) is 2.21. The number of nitrogens with one attached hydrogen (secondary N) is 1. The van der Waals surface area contributed by atoms with Crippen LogP contribution in [0.3, 0.4) is 0 Å². The van der Waals surface area contributed by atoms with Gasteiger partial charge in [0.2, 0.25) is 5.71 Å². The van der Waals surface area contributed by atoms with Crippen LogP contribution < -0.4 is 5.32 Å². The van der Waals surface area contributed by atoms with E-state index in [2.05, 4.69) is 15.3 Å². The van der Waals surface area contributed by atoms with Gasteiger partial charge in [-0.1, -0.05) is 0 Å². The van der Waals surface area contributed by atoms with E-state index in [1.807, 2.05) is 12.1 Å². The first kappa shape index (κ1) is 9.78. The van der Waals surface area contributed by atoms with E-state index in [1.54, 1.807) is 6.20 Å². The molecule has 1 fully saturated rings. The van der Waals surface area contributed by atoms with Crippen LogP contribution in [-0.2, 0) is 6.42 Å². The standard InChI is InChI=1S/C12H15N3O/c1-2-10-12(14-6-1)16-11(15-10)4-3-9-5-7-13-8-9/h1-2,6,9,13H,3-5,7-8H2. The van der Waals surface area contributed by atoms with Crippen molar-refractivity contribution in [2.24, 2.45) is 5.92 Å². The Morgan fingerprint density at radius 2 is 2.50 bits per heavy atom. The van der Waals surface area contributed by atoms with Crippen molar-refractivity contribution in [2.45, 2.75) is 19.3 Å². The Balaban J connectivity index is 1.69. The summed E-state index contributed by atoms with van der Waals surface area (Å²) in [5, 5.41) is 3.37. The summed E-state index contributed by atoms with van der Waals surface area (Å²) in [5.41, 5.74) is 1.52. The van der Waals surface area contributed by atoms with Crippen molar-refractivity contribution in [1.29, 1.82) is 0 Å². The lowest BCUT2D eigenvalue weighted by Crippen LogP contribution is -2.09. The zero-order valence-electron chi connectivity index (χ0n) is 9.15. The Bertz CT molecular complexity index is 441. The minimum atomic E-state index is 0.655. The van der Waals surface area contributed by atoms with Gasteiger partial charge in [-0.05, 0) is 44.0 Å². The van der Waals surface area contributed by atoms with Gasteiger partial charge in [0.25, 0.3) is 0 Å². The van der Waals surface area contributed by atoms with Crippen molar-refractivity contribution in [1.82, 2.24) is 15.3 Å². The second-order valence-corrected chi connectivity index (χ2v) is 4.33. The second-order valence-electron chi connectivity index (χ2n) is 4.33. The van der Waals surface area contributed by atoms with Gasteiger partial charge in [-0.3, -0.25) is 0 Å². The number of oxazole rings is 1. The maximum atomic E-state index is 5.59. The lowest BCUT2D eigenvalue weighted by molar-refractivity contribution is 0.462. The van der Waals surface area contributed by atoms with E-state index in [0.29, 0.717) is 5.71 Å². The molecule has 1 unspecified atom stereocenters. The maximum absolute atomic E-state index is 5.59. The second kappa shape index (κ2) is 4.22. The highest BCUT2D eigenvalue weighted by Gasteiger charge is 2.15. The number of pyridine rings is 1. The largest absolute Gasteiger partial charge is 0.422 e. The van der Waals surface area contributed by atoms with E-state index in [1.165, 1.54) is 6.42 Å². The van der Waals surface area contributed by atoms with Crippen molar-refractivity contribution in [2.75, 3.05) is 13.1 Å². The van der Waals surface area contributed by atoms with Gasteiger partial charge in [-0.15, -0.1) is 0 Å². The summed E-state index contributed by atoms with van der Waals surface area (Å²) in [5.74, 6) is 1.60. The van der Waals surface area contributed by atoms with Crippen LogP contribution in [0.2, 0.25) is 0 Å². The minimum Gasteiger partial charge on any atom is -0.422 e. The molecule has 0 bridgehead atoms. The third-order valence-corrected chi connectivity index (χ3v) is 3.14. The summed E-state index contributed by atoms with van der Waals surface area (Å²) in [6, 6.07) is 3.82. The normalized spacial score (nSPS) is 20.6. The molecule has 4 nitrogen and oxygen atoms in total. The van der Waals surface area contributed by atoms with Crippen LogP contribution in [0.5, 0.6) is 0 Å². The quantitative estimate of drug-likeness (QED) is 0.851. The Labute approximate surface area is 94.1 Å². The van der Waals surface area contributed by atoms with Crippen LogP contribution in [0.15, 0.2) is 22.7 Å². The molecule has 84 valence electrons. The Hall–Kier alpha value is -1.42. The molecule has 2 aromatic rings. The van der Waals surface area contributed by atoms with E-state index in [-0.39, 0.29) is 0 Å². The van der Waals surface area contributed by atoms with Gasteiger partial charge < -0.3 is 9.73 Å². The van der Waals surface area contributed by atoms with E-state index < -0.39 is 0 Å². The monoisotopic (exact) mass is 217 g/mol. The number of rotatable bonds is 3. The predicted molar refractivity (Wildman–Crippen MR) is 61.1 cm³/mol. The molecule has 3 rings (SSSR count). The van der Waals surface area contributed by atoms with Crippen LogP contribution in [-0.4, -0.2) is 23.1 Å². The van der Waals surface area contributed by atoms with Crippen LogP contribution in [0.1, 0.15) is 18.7 Å². The first-order chi connectivity index (χ1) is 7.92. The molecule has 0 radical (unpaired) electrons. The van der Waals surface area contributed by atoms with Crippen LogP contribution in [0.4, 0.5) is 0 Å². The van der Waals surface area contributed by atoms with Crippen LogP contribution in [0, 0.1) is 5.92 Å². The van der Waals surface area contributed by atoms with Gasteiger partial charge in [0.05, 0.1) is 0 Å². The molecule has 1 atom stereocenters. The molecule has 0 aliphatic carbocycles. The topological polar surface area (TPSA) is 51.0 Å². The molecule has 1 saturated heterocycles. The van der Waals surface area contributed by atoms with E-state index >= 15 is 0 Å². The number of hydrogen-bond acceptors (Lipinski definition) is 4. The molecule has 1 aliphatic rings. The van der Waals surface area contributed by atoms with Crippen LogP contribution >= 0.6 is 0 Å². The summed E-state index contributed by atoms with van der Waals surface area (Å²) in [7, 11) is 0. The number of hydrogen-bond donors (Lipinski definition) is 1. The molecule has 4 heteroatoms. The van der Waals surface area contributed by atoms with Gasteiger partial charge in [0, 0.05) is 12.6 Å². The fraction of sp³-hybridized carbons (Fsp3) is 0.500. The highest BCUT2D eigenvalue weighted by atomic mass is 16.4. The summed E-state index contributed by atoms with van der Waals surface area (Å²) in [4.78, 5) is 8.56. The van der Waals surface area contributed by atoms with E-state index in [9.17, 15) is 0 Å². The third-order valence-electron chi connectivity index (χ3n) is 3.14. The van der Waals surface area contributed by atoms with Gasteiger partial charge in [0.1, 0.15) is 5.52 Å². The van der Waals surface area contributed by atoms with Crippen molar-refractivity contribution in [3.63, 3.8) is 0 Å². The van der Waals surface area contributed by atoms with Gasteiger partial charge in [0.15, 0.2) is 5.89 Å². The lowest BCUT2D eigenvalue weighted by atomic mass is 10.0. The molecule has 0 aromatic carbocycles. The third kappa shape index (κ3) is 1.93. The Kier molecular flexibility index (Phi) is 2.58. The Morgan fingerprint density at radius 1 is 1.50 bits per heavy atom. The molecule has 1 aliphatic heterocycles. The minimum absolute atomic E-state index is 0.655. The van der Waals surface area contributed by atoms with Crippen molar-refractivity contribution in [3.8, 4) is 0 Å². The first-order valence-electron chi connectivity index (χ1n) is 5.83. The maximum Gasteiger partial charge on any atom is 0.246 e. The SMILES string of the molecule is c1cnc2oc(CCC3CCNC3)nc2c1. The highest BCUT2D eigenvalue weighted by Crippen LogP contribution is 2.18. The summed E-state index contributed by atoms with van der Waals surface area (Å²) in [6.07, 6.45) is 5.08. The number of fused-ring (bicyclic) bond motifs is 1. The summed E-state index contributed by atoms with van der Waals surface area (Å²) in [6.45, 7) is 2.29. The summed E-state index contributed by atoms with van der Waals surface area (Å²) >= 11 is 0. The predicted octanol–water partition coefficient (Wildman–Crippen LogP) is 1.76. The molecule has 2 aromatic heterocycles. The molecule has 0 amide bonds. The fourth-order valence-electron chi connectivity index (χ4n) is 2.21. The van der Waals surface area contributed by atoms with Crippen molar-refractivity contribution >= 4 is 11.2 Å². The first-order valence-corrected chi connectivity index (χ1v) is 5.83. The van der Waals surface area contributed by atoms with E-state index in [0.717, 1.165) is 43.3 Å². The molecule has 0 saturated carbocycles. The number of nitrogens with zero attached hydrogens (tertiary/aromatic N) is 2. The average molecular weight is 217 g/mol. The highest BCUT2D eigenvalue weighted by molar-refractivity contribution is 5.67. The van der Waals surface area contributed by atoms with Gasteiger partial charge >= 0.3 is 0 Å².